The number of anilines is 1. The second-order valence-corrected chi connectivity index (χ2v) is 8.88. The molecule has 1 fully saturated rings. The molecule has 0 saturated carbocycles. The van der Waals surface area contributed by atoms with E-state index in [1.807, 2.05) is 6.92 Å². The van der Waals surface area contributed by atoms with E-state index < -0.39 is 22.8 Å². The zero-order chi connectivity index (χ0) is 22.1. The van der Waals surface area contributed by atoms with Crippen LogP contribution in [0.4, 0.5) is 28.0 Å². The lowest BCUT2D eigenvalue weighted by atomic mass is 9.92. The number of amides is 2. The molecule has 1 saturated heterocycles. The van der Waals surface area contributed by atoms with Crippen molar-refractivity contribution in [2.24, 2.45) is 13.0 Å². The van der Waals surface area contributed by atoms with Crippen LogP contribution >= 0.6 is 11.8 Å². The van der Waals surface area contributed by atoms with Crippen molar-refractivity contribution in [2.45, 2.75) is 42.9 Å². The Bertz CT molecular complexity index is 907. The van der Waals surface area contributed by atoms with E-state index in [4.69, 9.17) is 0 Å². The number of likely N-dealkylation sites (tertiary alicyclic amines) is 1. The molecule has 30 heavy (non-hydrogen) atoms. The highest BCUT2D eigenvalue weighted by molar-refractivity contribution is 8.00. The molecule has 0 aliphatic carbocycles. The van der Waals surface area contributed by atoms with Crippen molar-refractivity contribution in [1.29, 1.82) is 0 Å². The maximum Gasteiger partial charge on any atom is 0.435 e. The van der Waals surface area contributed by atoms with Crippen molar-refractivity contribution in [3.05, 3.63) is 35.8 Å². The first kappa shape index (κ1) is 22.4. The molecule has 6 nitrogen and oxygen atoms in total. The summed E-state index contributed by atoms with van der Waals surface area (Å²) in [5.41, 5.74) is 0.374. The fourth-order valence-corrected chi connectivity index (χ4v) is 4.55. The van der Waals surface area contributed by atoms with Gasteiger partial charge in [0.2, 0.25) is 0 Å². The van der Waals surface area contributed by atoms with Gasteiger partial charge in [0.05, 0.1) is 5.03 Å². The summed E-state index contributed by atoms with van der Waals surface area (Å²) in [6, 6.07) is 4.04. The van der Waals surface area contributed by atoms with Gasteiger partial charge in [0.25, 0.3) is 0 Å². The van der Waals surface area contributed by atoms with Gasteiger partial charge >= 0.3 is 12.2 Å². The van der Waals surface area contributed by atoms with Gasteiger partial charge in [-0.2, -0.15) is 18.3 Å². The largest absolute Gasteiger partial charge is 0.435 e. The first-order valence-electron chi connectivity index (χ1n) is 9.43. The predicted octanol–water partition coefficient (Wildman–Crippen LogP) is 4.86. The summed E-state index contributed by atoms with van der Waals surface area (Å²) in [4.78, 5) is 18.1. The highest BCUT2D eigenvalue weighted by Crippen LogP contribution is 2.45. The second-order valence-electron chi connectivity index (χ2n) is 7.45. The number of carbonyl (C=O) groups is 1. The summed E-state index contributed by atoms with van der Waals surface area (Å²) in [5, 5.41) is 4.55. The number of aromatic nitrogens is 3. The molecule has 1 N–H and O–H groups in total. The Balaban J connectivity index is 1.58. The van der Waals surface area contributed by atoms with E-state index in [-0.39, 0.29) is 11.1 Å². The maximum atomic E-state index is 15.4. The van der Waals surface area contributed by atoms with Crippen LogP contribution in [0.25, 0.3) is 0 Å². The normalized spacial score (nSPS) is 17.6. The SMILES string of the molecule is Cc1cc(NC(=O)N2CCC([C@](C)(F)Sc3cc(C(F)(F)F)nn3C)CC2)ccn1. The van der Waals surface area contributed by atoms with Crippen molar-refractivity contribution in [2.75, 3.05) is 18.4 Å². The average Bonchev–Trinajstić information content (AvgIpc) is 3.02. The molecule has 11 heteroatoms. The minimum absolute atomic E-state index is 0.112. The van der Waals surface area contributed by atoms with Crippen LogP contribution in [0.5, 0.6) is 0 Å². The Morgan fingerprint density at radius 1 is 1.23 bits per heavy atom. The lowest BCUT2D eigenvalue weighted by Gasteiger charge is -2.37. The molecule has 0 unspecified atom stereocenters. The molecular formula is C19H23F4N5OS. The molecular weight excluding hydrogens is 422 g/mol. The van der Waals surface area contributed by atoms with Crippen LogP contribution in [0.3, 0.4) is 0 Å². The Morgan fingerprint density at radius 2 is 1.90 bits per heavy atom. The summed E-state index contributed by atoms with van der Waals surface area (Å²) in [7, 11) is 1.36. The number of hydrogen-bond acceptors (Lipinski definition) is 4. The monoisotopic (exact) mass is 445 g/mol. The molecule has 164 valence electrons. The van der Waals surface area contributed by atoms with Crippen molar-refractivity contribution < 1.29 is 22.4 Å². The van der Waals surface area contributed by atoms with Gasteiger partial charge in [-0.25, -0.2) is 9.18 Å². The van der Waals surface area contributed by atoms with Crippen LogP contribution < -0.4 is 5.32 Å². The predicted molar refractivity (Wildman–Crippen MR) is 106 cm³/mol. The number of hydrogen-bond donors (Lipinski definition) is 1. The molecule has 0 bridgehead atoms. The number of rotatable bonds is 4. The van der Waals surface area contributed by atoms with Gasteiger partial charge in [-0.15, -0.1) is 0 Å². The first-order chi connectivity index (χ1) is 14.0. The van der Waals surface area contributed by atoms with Crippen molar-refractivity contribution in [3.8, 4) is 0 Å². The summed E-state index contributed by atoms with van der Waals surface area (Å²) >= 11 is 0.738. The number of piperidine rings is 1. The number of halogens is 4. The Kier molecular flexibility index (Phi) is 6.30. The number of alkyl halides is 4. The Morgan fingerprint density at radius 3 is 2.47 bits per heavy atom. The number of aryl methyl sites for hydroxylation is 2. The van der Waals surface area contributed by atoms with E-state index in [0.29, 0.717) is 31.6 Å². The van der Waals surface area contributed by atoms with Crippen LogP contribution in [0.15, 0.2) is 29.4 Å². The van der Waals surface area contributed by atoms with Gasteiger partial charge in [-0.3, -0.25) is 9.67 Å². The maximum absolute atomic E-state index is 15.4. The smallest absolute Gasteiger partial charge is 0.325 e. The highest BCUT2D eigenvalue weighted by atomic mass is 32.2. The molecule has 1 aliphatic heterocycles. The van der Waals surface area contributed by atoms with Crippen LogP contribution in [-0.4, -0.2) is 43.8 Å². The molecule has 1 aliphatic rings. The summed E-state index contributed by atoms with van der Waals surface area (Å²) in [6.45, 7) is 3.92. The summed E-state index contributed by atoms with van der Waals surface area (Å²) in [6.07, 6.45) is -2.15. The third-order valence-electron chi connectivity index (χ3n) is 5.09. The number of nitrogens with zero attached hydrogens (tertiary/aromatic N) is 4. The van der Waals surface area contributed by atoms with E-state index in [2.05, 4.69) is 15.4 Å². The molecule has 0 spiro atoms. The second kappa shape index (κ2) is 8.44. The lowest BCUT2D eigenvalue weighted by molar-refractivity contribution is -0.141. The summed E-state index contributed by atoms with van der Waals surface area (Å²) in [5.74, 6) is -0.404. The van der Waals surface area contributed by atoms with Crippen molar-refractivity contribution >= 4 is 23.5 Å². The number of thioether (sulfide) groups is 1. The number of carbonyl (C=O) groups excluding carboxylic acids is 1. The van der Waals surface area contributed by atoms with E-state index in [0.717, 1.165) is 28.2 Å². The quantitative estimate of drug-likeness (QED) is 0.539. The standard InChI is InChI=1S/C19H23F4N5OS/c1-12-10-14(4-7-24-12)25-17(29)28-8-5-13(6-9-28)18(2,20)30-16-11-15(19(21,22)23)26-27(16)3/h4,7,10-11,13H,5-6,8-9H2,1-3H3,(H,24,25,29)/t18-/m1/s1. The van der Waals surface area contributed by atoms with Crippen LogP contribution in [0.1, 0.15) is 31.2 Å². The van der Waals surface area contributed by atoms with E-state index in [1.165, 1.54) is 14.0 Å². The molecule has 2 aromatic heterocycles. The van der Waals surface area contributed by atoms with E-state index >= 15 is 4.39 Å². The molecule has 0 radical (unpaired) electrons. The van der Waals surface area contributed by atoms with Crippen molar-refractivity contribution in [3.63, 3.8) is 0 Å². The minimum atomic E-state index is -4.57. The molecule has 0 aromatic carbocycles. The van der Waals surface area contributed by atoms with Gasteiger partial charge in [-0.1, -0.05) is 11.8 Å². The minimum Gasteiger partial charge on any atom is -0.325 e. The average molecular weight is 445 g/mol. The lowest BCUT2D eigenvalue weighted by Crippen LogP contribution is -2.44. The van der Waals surface area contributed by atoms with E-state index in [9.17, 15) is 18.0 Å². The highest BCUT2D eigenvalue weighted by Gasteiger charge is 2.41. The molecule has 2 aromatic rings. The molecule has 1 atom stereocenters. The molecule has 3 rings (SSSR count). The first-order valence-corrected chi connectivity index (χ1v) is 10.2. The van der Waals surface area contributed by atoms with E-state index in [1.54, 1.807) is 23.2 Å². The zero-order valence-electron chi connectivity index (χ0n) is 16.8. The van der Waals surface area contributed by atoms with Crippen LogP contribution in [0, 0.1) is 12.8 Å². The van der Waals surface area contributed by atoms with Gasteiger partial charge in [0.1, 0.15) is 0 Å². The number of pyridine rings is 1. The van der Waals surface area contributed by atoms with Crippen molar-refractivity contribution in [1.82, 2.24) is 19.7 Å². The van der Waals surface area contributed by atoms with Gasteiger partial charge in [0, 0.05) is 49.7 Å². The van der Waals surface area contributed by atoms with Crippen LogP contribution in [-0.2, 0) is 13.2 Å². The van der Waals surface area contributed by atoms with Gasteiger partial charge in [0.15, 0.2) is 10.7 Å². The number of urea groups is 1. The van der Waals surface area contributed by atoms with Crippen LogP contribution in [0.2, 0.25) is 0 Å². The Hall–Kier alpha value is -2.30. The molecule has 2 amide bonds. The topological polar surface area (TPSA) is 63.1 Å². The zero-order valence-corrected chi connectivity index (χ0v) is 17.6. The van der Waals surface area contributed by atoms with Gasteiger partial charge < -0.3 is 10.2 Å². The fraction of sp³-hybridized carbons (Fsp3) is 0.526. The third-order valence-corrected chi connectivity index (χ3v) is 6.41. The van der Waals surface area contributed by atoms with Gasteiger partial charge in [-0.05, 0) is 38.8 Å². The summed E-state index contributed by atoms with van der Waals surface area (Å²) < 4.78 is 54.9. The fourth-order valence-electron chi connectivity index (χ4n) is 3.40. The third kappa shape index (κ3) is 5.24. The number of nitrogens with one attached hydrogen (secondary N) is 1. The molecule has 3 heterocycles. The Labute approximate surface area is 176 Å².